The molecule has 0 aliphatic heterocycles. The fourth-order valence-electron chi connectivity index (χ4n) is 1.79. The second kappa shape index (κ2) is 5.08. The van der Waals surface area contributed by atoms with Gasteiger partial charge >= 0.3 is 0 Å². The quantitative estimate of drug-likeness (QED) is 0.930. The minimum atomic E-state index is 0.491. The smallest absolute Gasteiger partial charge is 0.0664 e. The van der Waals surface area contributed by atoms with Gasteiger partial charge in [0.15, 0.2) is 0 Å². The number of nitrogens with two attached hydrogens (primary N) is 1. The van der Waals surface area contributed by atoms with Crippen molar-refractivity contribution in [2.75, 3.05) is 0 Å². The minimum Gasteiger partial charge on any atom is -0.326 e. The van der Waals surface area contributed by atoms with E-state index in [1.165, 1.54) is 0 Å². The van der Waals surface area contributed by atoms with E-state index in [0.717, 1.165) is 23.4 Å². The van der Waals surface area contributed by atoms with E-state index in [9.17, 15) is 0 Å². The topological polar surface area (TPSA) is 43.8 Å². The summed E-state index contributed by atoms with van der Waals surface area (Å²) in [6, 6.07) is 5.46. The highest BCUT2D eigenvalue weighted by atomic mass is 35.5. The summed E-state index contributed by atoms with van der Waals surface area (Å²) in [6.45, 7) is 2.56. The van der Waals surface area contributed by atoms with Crippen LogP contribution in [0.15, 0.2) is 24.4 Å². The van der Waals surface area contributed by atoms with Crippen molar-refractivity contribution >= 4 is 23.2 Å². The average molecular weight is 270 g/mol. The summed E-state index contributed by atoms with van der Waals surface area (Å²) in [5, 5.41) is 5.40. The average Bonchev–Trinajstić information content (AvgIpc) is 2.75. The molecule has 2 rings (SSSR count). The van der Waals surface area contributed by atoms with Crippen molar-refractivity contribution in [3.63, 3.8) is 0 Å². The van der Waals surface area contributed by atoms with Crippen molar-refractivity contribution < 1.29 is 0 Å². The van der Waals surface area contributed by atoms with Crippen LogP contribution in [0.2, 0.25) is 10.0 Å². The van der Waals surface area contributed by atoms with Gasteiger partial charge in [0.2, 0.25) is 0 Å². The van der Waals surface area contributed by atoms with Gasteiger partial charge in [0.05, 0.1) is 21.9 Å². The summed E-state index contributed by atoms with van der Waals surface area (Å²) in [6.07, 6.45) is 2.66. The highest BCUT2D eigenvalue weighted by molar-refractivity contribution is 6.42. The zero-order chi connectivity index (χ0) is 12.4. The Morgan fingerprint density at radius 1 is 1.29 bits per heavy atom. The van der Waals surface area contributed by atoms with Crippen LogP contribution in [0.4, 0.5) is 0 Å². The fourth-order valence-corrected chi connectivity index (χ4v) is 2.09. The van der Waals surface area contributed by atoms with Gasteiger partial charge < -0.3 is 5.73 Å². The van der Waals surface area contributed by atoms with E-state index < -0.39 is 0 Å². The van der Waals surface area contributed by atoms with Crippen molar-refractivity contribution in [1.29, 1.82) is 0 Å². The summed E-state index contributed by atoms with van der Waals surface area (Å²) in [5.41, 5.74) is 8.73. The second-order valence-electron chi connectivity index (χ2n) is 3.68. The van der Waals surface area contributed by atoms with E-state index in [1.807, 2.05) is 10.7 Å². The zero-order valence-electron chi connectivity index (χ0n) is 9.45. The first-order valence-corrected chi connectivity index (χ1v) is 6.14. The summed E-state index contributed by atoms with van der Waals surface area (Å²) < 4.78 is 1.85. The van der Waals surface area contributed by atoms with Crippen LogP contribution in [0.1, 0.15) is 18.2 Å². The molecule has 0 bridgehead atoms. The molecule has 0 atom stereocenters. The molecular weight excluding hydrogens is 257 g/mol. The van der Waals surface area contributed by atoms with Crippen LogP contribution in [0.3, 0.4) is 0 Å². The van der Waals surface area contributed by atoms with Crippen LogP contribution in [0.25, 0.3) is 5.69 Å². The van der Waals surface area contributed by atoms with Crippen LogP contribution in [-0.2, 0) is 13.0 Å². The van der Waals surface area contributed by atoms with Gasteiger partial charge in [0.25, 0.3) is 0 Å². The molecule has 0 fully saturated rings. The van der Waals surface area contributed by atoms with Gasteiger partial charge in [-0.2, -0.15) is 5.10 Å². The Labute approximate surface area is 110 Å². The molecule has 17 heavy (non-hydrogen) atoms. The Morgan fingerprint density at radius 2 is 2.06 bits per heavy atom. The van der Waals surface area contributed by atoms with Crippen LogP contribution in [0.5, 0.6) is 0 Å². The number of rotatable bonds is 3. The monoisotopic (exact) mass is 269 g/mol. The normalized spacial score (nSPS) is 10.8. The van der Waals surface area contributed by atoms with E-state index in [1.54, 1.807) is 18.3 Å². The third-order valence-corrected chi connectivity index (χ3v) is 3.40. The molecule has 0 saturated carbocycles. The van der Waals surface area contributed by atoms with Crippen molar-refractivity contribution in [2.45, 2.75) is 19.9 Å². The lowest BCUT2D eigenvalue weighted by molar-refractivity contribution is 0.807. The Bertz CT molecular complexity index is 535. The van der Waals surface area contributed by atoms with Gasteiger partial charge in [-0.05, 0) is 24.6 Å². The Balaban J connectivity index is 2.52. The first-order valence-electron chi connectivity index (χ1n) is 5.38. The Morgan fingerprint density at radius 3 is 2.65 bits per heavy atom. The van der Waals surface area contributed by atoms with Gasteiger partial charge in [-0.15, -0.1) is 0 Å². The standard InChI is InChI=1S/C12H13Cl2N3/c1-2-12-8(6-15)7-16-17(12)9-3-4-10(13)11(14)5-9/h3-5,7H,2,6,15H2,1H3. The number of hydrogen-bond donors (Lipinski definition) is 1. The number of halogens is 2. The summed E-state index contributed by atoms with van der Waals surface area (Å²) in [5.74, 6) is 0. The number of benzene rings is 1. The van der Waals surface area contributed by atoms with Crippen molar-refractivity contribution in [1.82, 2.24) is 9.78 Å². The van der Waals surface area contributed by atoms with Gasteiger partial charge in [-0.3, -0.25) is 0 Å². The Hall–Kier alpha value is -1.03. The molecule has 0 radical (unpaired) electrons. The van der Waals surface area contributed by atoms with Gasteiger partial charge in [0.1, 0.15) is 0 Å². The molecule has 0 amide bonds. The summed E-state index contributed by atoms with van der Waals surface area (Å²) in [7, 11) is 0. The molecular formula is C12H13Cl2N3. The zero-order valence-corrected chi connectivity index (χ0v) is 11.0. The van der Waals surface area contributed by atoms with Crippen molar-refractivity contribution in [3.05, 3.63) is 45.7 Å². The first kappa shape index (κ1) is 12.4. The molecule has 0 saturated heterocycles. The lowest BCUT2D eigenvalue weighted by atomic mass is 10.2. The maximum Gasteiger partial charge on any atom is 0.0664 e. The van der Waals surface area contributed by atoms with Gasteiger partial charge in [-0.1, -0.05) is 30.1 Å². The maximum atomic E-state index is 6.00. The molecule has 1 heterocycles. The van der Waals surface area contributed by atoms with E-state index in [2.05, 4.69) is 12.0 Å². The van der Waals surface area contributed by atoms with Crippen LogP contribution < -0.4 is 5.73 Å². The summed E-state index contributed by atoms with van der Waals surface area (Å²) in [4.78, 5) is 0. The summed E-state index contributed by atoms with van der Waals surface area (Å²) >= 11 is 11.9. The molecule has 90 valence electrons. The predicted molar refractivity (Wildman–Crippen MR) is 70.9 cm³/mol. The number of aromatic nitrogens is 2. The molecule has 2 aromatic rings. The van der Waals surface area contributed by atoms with Gasteiger partial charge in [-0.25, -0.2) is 4.68 Å². The Kier molecular flexibility index (Phi) is 3.72. The lowest BCUT2D eigenvalue weighted by Crippen LogP contribution is -2.05. The molecule has 5 heteroatoms. The third-order valence-electron chi connectivity index (χ3n) is 2.66. The highest BCUT2D eigenvalue weighted by Crippen LogP contribution is 2.25. The number of nitrogens with zero attached hydrogens (tertiary/aromatic N) is 2. The molecule has 2 N–H and O–H groups in total. The van der Waals surface area contributed by atoms with Crippen molar-refractivity contribution in [2.24, 2.45) is 5.73 Å². The molecule has 0 unspecified atom stereocenters. The molecule has 1 aromatic carbocycles. The SMILES string of the molecule is CCc1c(CN)cnn1-c1ccc(Cl)c(Cl)c1. The van der Waals surface area contributed by atoms with Gasteiger partial charge in [0, 0.05) is 17.8 Å². The molecule has 1 aromatic heterocycles. The number of hydrogen-bond acceptors (Lipinski definition) is 2. The van der Waals surface area contributed by atoms with E-state index in [4.69, 9.17) is 28.9 Å². The molecule has 0 spiro atoms. The van der Waals surface area contributed by atoms with Crippen LogP contribution in [0, 0.1) is 0 Å². The fraction of sp³-hybridized carbons (Fsp3) is 0.250. The lowest BCUT2D eigenvalue weighted by Gasteiger charge is -2.08. The third kappa shape index (κ3) is 2.32. The molecule has 0 aliphatic rings. The molecule has 0 aliphatic carbocycles. The van der Waals surface area contributed by atoms with Crippen LogP contribution >= 0.6 is 23.2 Å². The largest absolute Gasteiger partial charge is 0.326 e. The van der Waals surface area contributed by atoms with Crippen molar-refractivity contribution in [3.8, 4) is 5.69 Å². The second-order valence-corrected chi connectivity index (χ2v) is 4.50. The first-order chi connectivity index (χ1) is 8.17. The van der Waals surface area contributed by atoms with E-state index >= 15 is 0 Å². The minimum absolute atomic E-state index is 0.491. The highest BCUT2D eigenvalue weighted by Gasteiger charge is 2.10. The van der Waals surface area contributed by atoms with E-state index in [0.29, 0.717) is 16.6 Å². The maximum absolute atomic E-state index is 6.00. The van der Waals surface area contributed by atoms with Crippen LogP contribution in [-0.4, -0.2) is 9.78 Å². The molecule has 3 nitrogen and oxygen atoms in total. The van der Waals surface area contributed by atoms with E-state index in [-0.39, 0.29) is 0 Å². The predicted octanol–water partition coefficient (Wildman–Crippen LogP) is 3.20.